The van der Waals surface area contributed by atoms with Gasteiger partial charge in [-0.1, -0.05) is 28.1 Å². The molecule has 0 radical (unpaired) electrons. The maximum atomic E-state index is 12.3. The fourth-order valence-electron chi connectivity index (χ4n) is 2.41. The molecule has 0 aliphatic carbocycles. The third kappa shape index (κ3) is 4.55. The fraction of sp³-hybridized carbons (Fsp3) is 0. The number of halogens is 1. The van der Waals surface area contributed by atoms with Crippen molar-refractivity contribution in [2.45, 2.75) is 0 Å². The van der Waals surface area contributed by atoms with E-state index in [4.69, 9.17) is 9.52 Å². The van der Waals surface area contributed by atoms with Gasteiger partial charge in [0, 0.05) is 21.8 Å². The van der Waals surface area contributed by atoms with Crippen LogP contribution in [0.25, 0.3) is 17.4 Å². The molecule has 3 rings (SSSR count). The van der Waals surface area contributed by atoms with E-state index in [0.29, 0.717) is 22.8 Å². The number of benzene rings is 2. The van der Waals surface area contributed by atoms with Crippen molar-refractivity contribution < 1.29 is 19.1 Å². The molecule has 0 aliphatic rings. The molecule has 1 amide bonds. The number of amides is 1. The summed E-state index contributed by atoms with van der Waals surface area (Å²) in [6.45, 7) is 0. The minimum absolute atomic E-state index is 0.122. The predicted octanol–water partition coefficient (Wildman–Crippen LogP) is 4.95. The number of nitrogens with one attached hydrogen (secondary N) is 1. The lowest BCUT2D eigenvalue weighted by molar-refractivity contribution is -0.112. The topological polar surface area (TPSA) is 103 Å². The SMILES string of the molecule is N#C/C(=C\c1ccc(-c2cccc(C(=O)O)c2)o1)C(=O)Nc1ccc(Br)cc1. The molecule has 0 saturated heterocycles. The minimum atomic E-state index is -1.04. The molecule has 1 heterocycles. The van der Waals surface area contributed by atoms with Crippen molar-refractivity contribution in [3.8, 4) is 17.4 Å². The Balaban J connectivity index is 1.81. The molecule has 0 atom stereocenters. The lowest BCUT2D eigenvalue weighted by Gasteiger charge is -2.04. The molecule has 0 unspecified atom stereocenters. The molecular weight excluding hydrogens is 424 g/mol. The molecule has 138 valence electrons. The van der Waals surface area contributed by atoms with Gasteiger partial charge < -0.3 is 14.8 Å². The van der Waals surface area contributed by atoms with Crippen LogP contribution in [0.2, 0.25) is 0 Å². The third-order valence-electron chi connectivity index (χ3n) is 3.77. The maximum Gasteiger partial charge on any atom is 0.335 e. The zero-order chi connectivity index (χ0) is 20.1. The van der Waals surface area contributed by atoms with Gasteiger partial charge in [-0.25, -0.2) is 4.79 Å². The summed E-state index contributed by atoms with van der Waals surface area (Å²) in [5.74, 6) is -0.862. The molecule has 6 nitrogen and oxygen atoms in total. The standard InChI is InChI=1S/C21H13BrN2O4/c22-16-4-6-17(7-5-16)24-20(25)15(12-23)11-18-8-9-19(28-18)13-2-1-3-14(10-13)21(26)27/h1-11H,(H,24,25)(H,26,27)/b15-11+. The summed E-state index contributed by atoms with van der Waals surface area (Å²) in [4.78, 5) is 23.4. The number of hydrogen-bond donors (Lipinski definition) is 2. The normalized spacial score (nSPS) is 10.9. The second-order valence-electron chi connectivity index (χ2n) is 5.72. The van der Waals surface area contributed by atoms with Gasteiger partial charge in [0.2, 0.25) is 0 Å². The molecule has 0 fully saturated rings. The van der Waals surface area contributed by atoms with E-state index in [1.807, 2.05) is 6.07 Å². The van der Waals surface area contributed by atoms with Gasteiger partial charge in [-0.2, -0.15) is 5.26 Å². The molecule has 0 bridgehead atoms. The Morgan fingerprint density at radius 2 is 1.86 bits per heavy atom. The molecule has 0 spiro atoms. The number of carboxylic acids is 1. The zero-order valence-corrected chi connectivity index (χ0v) is 15.9. The van der Waals surface area contributed by atoms with Gasteiger partial charge in [-0.15, -0.1) is 0 Å². The molecule has 28 heavy (non-hydrogen) atoms. The van der Waals surface area contributed by atoms with Crippen molar-refractivity contribution in [3.05, 3.63) is 82.0 Å². The second kappa shape index (κ2) is 8.37. The summed E-state index contributed by atoms with van der Waals surface area (Å²) in [7, 11) is 0. The van der Waals surface area contributed by atoms with Crippen LogP contribution in [0, 0.1) is 11.3 Å². The second-order valence-corrected chi connectivity index (χ2v) is 6.63. The van der Waals surface area contributed by atoms with Crippen molar-refractivity contribution in [3.63, 3.8) is 0 Å². The number of hydrogen-bond acceptors (Lipinski definition) is 4. The van der Waals surface area contributed by atoms with Gasteiger partial charge in [0.1, 0.15) is 23.2 Å². The number of aromatic carboxylic acids is 1. The molecule has 0 aliphatic heterocycles. The van der Waals surface area contributed by atoms with Gasteiger partial charge in [0.05, 0.1) is 5.56 Å². The van der Waals surface area contributed by atoms with E-state index in [1.165, 1.54) is 18.2 Å². The minimum Gasteiger partial charge on any atom is -0.478 e. The number of furan rings is 1. The molecule has 0 saturated carbocycles. The van der Waals surface area contributed by atoms with Gasteiger partial charge in [0.15, 0.2) is 0 Å². The average molecular weight is 437 g/mol. The van der Waals surface area contributed by atoms with Crippen molar-refractivity contribution in [2.24, 2.45) is 0 Å². The van der Waals surface area contributed by atoms with Crippen LogP contribution in [0.15, 0.2) is 75.1 Å². The first-order chi connectivity index (χ1) is 13.5. The van der Waals surface area contributed by atoms with Crippen LogP contribution in [0.4, 0.5) is 5.69 Å². The van der Waals surface area contributed by atoms with Crippen molar-refractivity contribution in [1.29, 1.82) is 5.26 Å². The van der Waals surface area contributed by atoms with E-state index in [0.717, 1.165) is 4.47 Å². The summed E-state index contributed by atoms with van der Waals surface area (Å²) in [6, 6.07) is 18.4. The summed E-state index contributed by atoms with van der Waals surface area (Å²) < 4.78 is 6.52. The van der Waals surface area contributed by atoms with Crippen molar-refractivity contribution in [1.82, 2.24) is 0 Å². The number of carbonyl (C=O) groups is 2. The van der Waals surface area contributed by atoms with E-state index in [2.05, 4.69) is 21.2 Å². The number of rotatable bonds is 5. The highest BCUT2D eigenvalue weighted by Crippen LogP contribution is 2.24. The highest BCUT2D eigenvalue weighted by atomic mass is 79.9. The van der Waals surface area contributed by atoms with E-state index >= 15 is 0 Å². The number of nitrogens with zero attached hydrogens (tertiary/aromatic N) is 1. The van der Waals surface area contributed by atoms with Crippen LogP contribution in [0.5, 0.6) is 0 Å². The van der Waals surface area contributed by atoms with Crippen LogP contribution in [0.3, 0.4) is 0 Å². The quantitative estimate of drug-likeness (QED) is 0.434. The first-order valence-corrected chi connectivity index (χ1v) is 8.88. The maximum absolute atomic E-state index is 12.3. The predicted molar refractivity (Wildman–Crippen MR) is 107 cm³/mol. The lowest BCUT2D eigenvalue weighted by atomic mass is 10.1. The number of nitriles is 1. The fourth-order valence-corrected chi connectivity index (χ4v) is 2.68. The van der Waals surface area contributed by atoms with Crippen LogP contribution < -0.4 is 5.32 Å². The first kappa shape index (κ1) is 19.1. The van der Waals surface area contributed by atoms with E-state index in [-0.39, 0.29) is 11.1 Å². The number of carbonyl (C=O) groups excluding carboxylic acids is 1. The summed E-state index contributed by atoms with van der Waals surface area (Å²) in [5.41, 5.74) is 1.15. The number of anilines is 1. The summed E-state index contributed by atoms with van der Waals surface area (Å²) in [5, 5.41) is 21.0. The molecule has 2 aromatic carbocycles. The van der Waals surface area contributed by atoms with Crippen LogP contribution in [-0.4, -0.2) is 17.0 Å². The Morgan fingerprint density at radius 1 is 1.11 bits per heavy atom. The average Bonchev–Trinajstić information content (AvgIpc) is 3.16. The van der Waals surface area contributed by atoms with Gasteiger partial charge in [-0.3, -0.25) is 4.79 Å². The molecular formula is C21H13BrN2O4. The van der Waals surface area contributed by atoms with Crippen molar-refractivity contribution in [2.75, 3.05) is 5.32 Å². The number of carboxylic acid groups (broad SMARTS) is 1. The highest BCUT2D eigenvalue weighted by molar-refractivity contribution is 9.10. The van der Waals surface area contributed by atoms with E-state index in [9.17, 15) is 14.9 Å². The Labute approximate surface area is 168 Å². The smallest absolute Gasteiger partial charge is 0.335 e. The van der Waals surface area contributed by atoms with Gasteiger partial charge in [-0.05, 0) is 48.5 Å². The van der Waals surface area contributed by atoms with Crippen molar-refractivity contribution >= 4 is 39.6 Å². The largest absolute Gasteiger partial charge is 0.478 e. The zero-order valence-electron chi connectivity index (χ0n) is 14.3. The molecule has 3 aromatic rings. The summed E-state index contributed by atoms with van der Waals surface area (Å²) in [6.07, 6.45) is 1.33. The third-order valence-corrected chi connectivity index (χ3v) is 4.30. The van der Waals surface area contributed by atoms with Crippen LogP contribution >= 0.6 is 15.9 Å². The molecule has 1 aromatic heterocycles. The van der Waals surface area contributed by atoms with Crippen LogP contribution in [0.1, 0.15) is 16.1 Å². The Morgan fingerprint density at radius 3 is 2.54 bits per heavy atom. The summed E-state index contributed by atoms with van der Waals surface area (Å²) >= 11 is 3.31. The molecule has 7 heteroatoms. The highest BCUT2D eigenvalue weighted by Gasteiger charge is 2.12. The van der Waals surface area contributed by atoms with E-state index in [1.54, 1.807) is 48.5 Å². The van der Waals surface area contributed by atoms with Crippen LogP contribution in [-0.2, 0) is 4.79 Å². The lowest BCUT2D eigenvalue weighted by Crippen LogP contribution is -2.13. The van der Waals surface area contributed by atoms with Gasteiger partial charge >= 0.3 is 5.97 Å². The van der Waals surface area contributed by atoms with E-state index < -0.39 is 11.9 Å². The monoisotopic (exact) mass is 436 g/mol. The van der Waals surface area contributed by atoms with Gasteiger partial charge in [0.25, 0.3) is 5.91 Å². The molecule has 2 N–H and O–H groups in total. The Hall–Kier alpha value is -3.63. The Bertz CT molecular complexity index is 1110. The first-order valence-electron chi connectivity index (χ1n) is 8.08. The Kier molecular flexibility index (Phi) is 5.72.